The number of nitrogen functional groups attached to an aromatic ring is 1. The summed E-state index contributed by atoms with van der Waals surface area (Å²) in [6.45, 7) is 5.87. The summed E-state index contributed by atoms with van der Waals surface area (Å²) in [5.41, 5.74) is 6.72. The molecule has 0 bridgehead atoms. The molecule has 0 fully saturated rings. The van der Waals surface area contributed by atoms with Crippen molar-refractivity contribution in [3.05, 3.63) is 18.0 Å². The van der Waals surface area contributed by atoms with Gasteiger partial charge in [0.25, 0.3) is 5.91 Å². The summed E-state index contributed by atoms with van der Waals surface area (Å²) in [5.74, 6) is -0.674. The van der Waals surface area contributed by atoms with Gasteiger partial charge in [-0.3, -0.25) is 9.59 Å². The molecule has 0 unspecified atom stereocenters. The minimum absolute atomic E-state index is 0.0736. The number of esters is 1. The second-order valence-electron chi connectivity index (χ2n) is 4.63. The van der Waals surface area contributed by atoms with E-state index in [1.54, 1.807) is 30.8 Å². The number of rotatable bonds is 5. The van der Waals surface area contributed by atoms with Gasteiger partial charge in [-0.05, 0) is 26.8 Å². The zero-order valence-corrected chi connectivity index (χ0v) is 11.8. The number of carbonyl (C=O) groups excluding carboxylic acids is 2. The fourth-order valence-corrected chi connectivity index (χ4v) is 1.77. The molecule has 1 heterocycles. The molecule has 6 nitrogen and oxygen atoms in total. The van der Waals surface area contributed by atoms with Crippen LogP contribution in [0.3, 0.4) is 0 Å². The Hall–Kier alpha value is -1.98. The van der Waals surface area contributed by atoms with Gasteiger partial charge in [-0.2, -0.15) is 0 Å². The average Bonchev–Trinajstić information content (AvgIpc) is 2.70. The predicted octanol–water partition coefficient (Wildman–Crippen LogP) is 1.29. The van der Waals surface area contributed by atoms with Crippen LogP contribution in [-0.4, -0.2) is 41.5 Å². The highest BCUT2D eigenvalue weighted by molar-refractivity contribution is 5.95. The van der Waals surface area contributed by atoms with Crippen molar-refractivity contribution in [1.29, 1.82) is 0 Å². The summed E-state index contributed by atoms with van der Waals surface area (Å²) in [4.78, 5) is 25.0. The van der Waals surface area contributed by atoms with Crippen LogP contribution in [0.15, 0.2) is 12.3 Å². The highest BCUT2D eigenvalue weighted by atomic mass is 16.5. The number of hydrogen-bond acceptors (Lipinski definition) is 4. The molecular weight excluding hydrogens is 246 g/mol. The topological polar surface area (TPSA) is 77.6 Å². The van der Waals surface area contributed by atoms with E-state index < -0.39 is 5.97 Å². The van der Waals surface area contributed by atoms with Crippen LogP contribution < -0.4 is 5.73 Å². The molecule has 0 atom stereocenters. The lowest BCUT2D eigenvalue weighted by atomic mass is 10.3. The van der Waals surface area contributed by atoms with Crippen molar-refractivity contribution in [2.45, 2.75) is 26.8 Å². The van der Waals surface area contributed by atoms with Gasteiger partial charge in [0.15, 0.2) is 0 Å². The highest BCUT2D eigenvalue weighted by Gasteiger charge is 2.20. The van der Waals surface area contributed by atoms with Gasteiger partial charge in [-0.15, -0.1) is 0 Å². The predicted molar refractivity (Wildman–Crippen MR) is 72.8 cm³/mol. The van der Waals surface area contributed by atoms with Gasteiger partial charge in [-0.1, -0.05) is 0 Å². The standard InChI is InChI=1S/C13H21N3O3/c1-5-19-12(17)8-15(4)13(18)11-6-10(14)7-16(11)9(2)3/h6-7,9H,5,8,14H2,1-4H3. The molecule has 0 saturated heterocycles. The summed E-state index contributed by atoms with van der Waals surface area (Å²) in [5, 5.41) is 0. The van der Waals surface area contributed by atoms with Gasteiger partial charge in [0.2, 0.25) is 0 Å². The number of nitrogens with zero attached hydrogens (tertiary/aromatic N) is 2. The number of carbonyl (C=O) groups is 2. The van der Waals surface area contributed by atoms with Crippen molar-refractivity contribution in [2.75, 3.05) is 25.9 Å². The largest absolute Gasteiger partial charge is 0.465 e. The Morgan fingerprint density at radius 3 is 2.63 bits per heavy atom. The molecule has 6 heteroatoms. The lowest BCUT2D eigenvalue weighted by Gasteiger charge is -2.18. The molecule has 1 rings (SSSR count). The second-order valence-corrected chi connectivity index (χ2v) is 4.63. The zero-order valence-electron chi connectivity index (χ0n) is 11.8. The molecule has 0 saturated carbocycles. The Kier molecular flexibility index (Phi) is 4.97. The fraction of sp³-hybridized carbons (Fsp3) is 0.538. The molecule has 0 aliphatic heterocycles. The van der Waals surface area contributed by atoms with Crippen LogP contribution in [-0.2, 0) is 9.53 Å². The Morgan fingerprint density at radius 2 is 2.11 bits per heavy atom. The molecule has 2 N–H and O–H groups in total. The van der Waals surface area contributed by atoms with Gasteiger partial charge < -0.3 is 19.9 Å². The number of nitrogens with two attached hydrogens (primary N) is 1. The molecule has 0 aliphatic carbocycles. The molecule has 0 radical (unpaired) electrons. The van der Waals surface area contributed by atoms with E-state index in [4.69, 9.17) is 10.5 Å². The summed E-state index contributed by atoms with van der Waals surface area (Å²) in [6, 6.07) is 1.73. The first-order valence-electron chi connectivity index (χ1n) is 6.25. The molecule has 0 spiro atoms. The molecule has 0 aromatic carbocycles. The maximum atomic E-state index is 12.3. The molecule has 0 aliphatic rings. The lowest BCUT2D eigenvalue weighted by Crippen LogP contribution is -2.34. The number of likely N-dealkylation sites (N-methyl/N-ethyl adjacent to an activating group) is 1. The smallest absolute Gasteiger partial charge is 0.325 e. The third kappa shape index (κ3) is 3.74. The lowest BCUT2D eigenvalue weighted by molar-refractivity contribution is -0.143. The minimum atomic E-state index is -0.422. The van der Waals surface area contributed by atoms with Crippen molar-refractivity contribution >= 4 is 17.6 Å². The van der Waals surface area contributed by atoms with Gasteiger partial charge in [0.05, 0.1) is 12.3 Å². The third-order valence-electron chi connectivity index (χ3n) is 2.66. The normalized spacial score (nSPS) is 10.6. The molecule has 1 aromatic rings. The van der Waals surface area contributed by atoms with E-state index in [-0.39, 0.29) is 18.5 Å². The molecular formula is C13H21N3O3. The fourth-order valence-electron chi connectivity index (χ4n) is 1.77. The van der Waals surface area contributed by atoms with Crippen LogP contribution in [0.25, 0.3) is 0 Å². The number of hydrogen-bond donors (Lipinski definition) is 1. The summed E-state index contributed by atoms with van der Waals surface area (Å²) in [7, 11) is 1.56. The van der Waals surface area contributed by atoms with E-state index in [1.807, 2.05) is 13.8 Å². The summed E-state index contributed by atoms with van der Waals surface area (Å²) in [6.07, 6.45) is 1.72. The Labute approximate surface area is 113 Å². The summed E-state index contributed by atoms with van der Waals surface area (Å²) >= 11 is 0. The summed E-state index contributed by atoms with van der Waals surface area (Å²) < 4.78 is 6.61. The van der Waals surface area contributed by atoms with Gasteiger partial charge in [0, 0.05) is 19.3 Å². The van der Waals surface area contributed by atoms with Crippen molar-refractivity contribution in [1.82, 2.24) is 9.47 Å². The Balaban J connectivity index is 2.85. The van der Waals surface area contributed by atoms with Crippen LogP contribution in [0.1, 0.15) is 37.3 Å². The van der Waals surface area contributed by atoms with Crippen LogP contribution in [0.4, 0.5) is 5.69 Å². The number of ether oxygens (including phenoxy) is 1. The number of amides is 1. The first kappa shape index (κ1) is 15.1. The van der Waals surface area contributed by atoms with Gasteiger partial charge >= 0.3 is 5.97 Å². The maximum absolute atomic E-state index is 12.3. The van der Waals surface area contributed by atoms with Gasteiger partial charge in [0.1, 0.15) is 12.2 Å². The Bertz CT molecular complexity index is 466. The van der Waals surface area contributed by atoms with E-state index in [2.05, 4.69) is 0 Å². The molecule has 106 valence electrons. The maximum Gasteiger partial charge on any atom is 0.325 e. The highest BCUT2D eigenvalue weighted by Crippen LogP contribution is 2.17. The molecule has 1 aromatic heterocycles. The van der Waals surface area contributed by atoms with Crippen molar-refractivity contribution in [3.63, 3.8) is 0 Å². The van der Waals surface area contributed by atoms with Gasteiger partial charge in [-0.25, -0.2) is 0 Å². The SMILES string of the molecule is CCOC(=O)CN(C)C(=O)c1cc(N)cn1C(C)C. The third-order valence-corrected chi connectivity index (χ3v) is 2.66. The number of aromatic nitrogens is 1. The van der Waals surface area contributed by atoms with Crippen molar-refractivity contribution < 1.29 is 14.3 Å². The van der Waals surface area contributed by atoms with E-state index in [1.165, 1.54) is 4.90 Å². The quantitative estimate of drug-likeness (QED) is 0.815. The minimum Gasteiger partial charge on any atom is -0.465 e. The first-order valence-corrected chi connectivity index (χ1v) is 6.25. The first-order chi connectivity index (χ1) is 8.86. The zero-order chi connectivity index (χ0) is 14.6. The monoisotopic (exact) mass is 267 g/mol. The van der Waals surface area contributed by atoms with Crippen LogP contribution in [0.2, 0.25) is 0 Å². The molecule has 19 heavy (non-hydrogen) atoms. The van der Waals surface area contributed by atoms with Crippen LogP contribution in [0.5, 0.6) is 0 Å². The average molecular weight is 267 g/mol. The van der Waals surface area contributed by atoms with Crippen molar-refractivity contribution in [2.24, 2.45) is 0 Å². The van der Waals surface area contributed by atoms with E-state index in [9.17, 15) is 9.59 Å². The number of anilines is 1. The van der Waals surface area contributed by atoms with E-state index in [0.717, 1.165) is 0 Å². The van der Waals surface area contributed by atoms with Crippen molar-refractivity contribution in [3.8, 4) is 0 Å². The molecule has 1 amide bonds. The van der Waals surface area contributed by atoms with Crippen LogP contribution in [0, 0.1) is 0 Å². The second kappa shape index (κ2) is 6.26. The van der Waals surface area contributed by atoms with E-state index >= 15 is 0 Å². The van der Waals surface area contributed by atoms with Crippen LogP contribution >= 0.6 is 0 Å². The Morgan fingerprint density at radius 1 is 1.47 bits per heavy atom. The van der Waals surface area contributed by atoms with E-state index in [0.29, 0.717) is 18.0 Å².